The molecule has 0 spiro atoms. The molecule has 0 bridgehead atoms. The largest absolute Gasteiger partial charge is 0.0915 e. The summed E-state index contributed by atoms with van der Waals surface area (Å²) in [7, 11) is 0. The van der Waals surface area contributed by atoms with Gasteiger partial charge in [0.05, 0.1) is 0 Å². The Morgan fingerprint density at radius 3 is 2.26 bits per heavy atom. The van der Waals surface area contributed by atoms with Gasteiger partial charge in [-0.3, -0.25) is 0 Å². The molecule has 0 aliphatic carbocycles. The number of allylic oxidation sites excluding steroid dienone is 8. The first-order valence-electron chi connectivity index (χ1n) is 6.47. The van der Waals surface area contributed by atoms with Gasteiger partial charge in [0.2, 0.25) is 0 Å². The molecule has 1 rings (SSSR count). The molecule has 0 aliphatic heterocycles. The summed E-state index contributed by atoms with van der Waals surface area (Å²) in [5.41, 5.74) is 5.57. The third-order valence-electron chi connectivity index (χ3n) is 2.95. The first-order chi connectivity index (χ1) is 9.04. The number of rotatable bonds is 5. The minimum absolute atomic E-state index is 1.000. The van der Waals surface area contributed by atoms with Crippen LogP contribution < -0.4 is 0 Å². The van der Waals surface area contributed by atoms with Crippen LogP contribution in [0.25, 0.3) is 5.57 Å². The Morgan fingerprint density at radius 1 is 1.05 bits per heavy atom. The number of aryl methyl sites for hydroxylation is 1. The average molecular weight is 250 g/mol. The molecule has 0 aromatic heterocycles. The van der Waals surface area contributed by atoms with Gasteiger partial charge in [0, 0.05) is 0 Å². The maximum Gasteiger partial charge on any atom is -0.0190 e. The zero-order valence-corrected chi connectivity index (χ0v) is 12.1. The lowest BCUT2D eigenvalue weighted by Gasteiger charge is -2.02. The maximum atomic E-state index is 4.09. The van der Waals surface area contributed by atoms with Gasteiger partial charge in [-0.05, 0) is 43.1 Å². The van der Waals surface area contributed by atoms with E-state index in [4.69, 9.17) is 0 Å². The van der Waals surface area contributed by atoms with E-state index in [-0.39, 0.29) is 0 Å². The van der Waals surface area contributed by atoms with Crippen LogP contribution in [0.2, 0.25) is 0 Å². The second kappa shape index (κ2) is 7.38. The normalized spacial score (nSPS) is 12.3. The summed E-state index contributed by atoms with van der Waals surface area (Å²) in [6.45, 7) is 14.3. The molecule has 0 saturated heterocycles. The van der Waals surface area contributed by atoms with Gasteiger partial charge in [0.15, 0.2) is 0 Å². The molecule has 0 fully saturated rings. The second-order valence-corrected chi connectivity index (χ2v) is 4.63. The maximum absolute atomic E-state index is 4.09. The van der Waals surface area contributed by atoms with E-state index in [2.05, 4.69) is 57.3 Å². The Hall–Kier alpha value is -2.08. The van der Waals surface area contributed by atoms with Crippen LogP contribution in [-0.4, -0.2) is 0 Å². The van der Waals surface area contributed by atoms with Crippen molar-refractivity contribution in [1.29, 1.82) is 0 Å². The van der Waals surface area contributed by atoms with Crippen molar-refractivity contribution in [3.63, 3.8) is 0 Å². The van der Waals surface area contributed by atoms with Crippen molar-refractivity contribution in [2.24, 2.45) is 0 Å². The molecule has 1 aromatic carbocycles. The fourth-order valence-corrected chi connectivity index (χ4v) is 1.54. The van der Waals surface area contributed by atoms with E-state index in [1.165, 1.54) is 5.56 Å². The van der Waals surface area contributed by atoms with Gasteiger partial charge in [-0.1, -0.05) is 73.4 Å². The van der Waals surface area contributed by atoms with E-state index in [1.54, 1.807) is 0 Å². The summed E-state index contributed by atoms with van der Waals surface area (Å²) in [5, 5.41) is 0. The summed E-state index contributed by atoms with van der Waals surface area (Å²) in [4.78, 5) is 0. The van der Waals surface area contributed by atoms with Crippen LogP contribution in [0.15, 0.2) is 78.9 Å². The summed E-state index contributed by atoms with van der Waals surface area (Å²) < 4.78 is 0. The van der Waals surface area contributed by atoms with E-state index in [9.17, 15) is 0 Å². The predicted octanol–water partition coefficient (Wildman–Crippen LogP) is 5.64. The van der Waals surface area contributed by atoms with Crippen molar-refractivity contribution >= 4 is 5.57 Å². The lowest BCUT2D eigenvalue weighted by atomic mass is 10.0. The number of hydrogen-bond acceptors (Lipinski definition) is 0. The molecule has 0 heteroatoms. The van der Waals surface area contributed by atoms with Gasteiger partial charge >= 0.3 is 0 Å². The highest BCUT2D eigenvalue weighted by Crippen LogP contribution is 2.17. The Balaban J connectivity index is 2.74. The highest BCUT2D eigenvalue weighted by Gasteiger charge is 1.95. The molecule has 0 nitrogen and oxygen atoms in total. The lowest BCUT2D eigenvalue weighted by Crippen LogP contribution is -1.82. The molecular formula is C19H22. The van der Waals surface area contributed by atoms with Crippen LogP contribution in [0.3, 0.4) is 0 Å². The van der Waals surface area contributed by atoms with Crippen molar-refractivity contribution < 1.29 is 0 Å². The summed E-state index contributed by atoms with van der Waals surface area (Å²) in [5.74, 6) is 0. The molecule has 19 heavy (non-hydrogen) atoms. The monoisotopic (exact) mass is 250 g/mol. The van der Waals surface area contributed by atoms with Crippen LogP contribution in [-0.2, 0) is 0 Å². The van der Waals surface area contributed by atoms with Crippen LogP contribution >= 0.6 is 0 Å². The van der Waals surface area contributed by atoms with Crippen LogP contribution in [0.5, 0.6) is 0 Å². The van der Waals surface area contributed by atoms with E-state index < -0.39 is 0 Å². The summed E-state index contributed by atoms with van der Waals surface area (Å²) in [6.07, 6.45) is 10.1. The summed E-state index contributed by atoms with van der Waals surface area (Å²) in [6, 6.07) is 8.38. The molecule has 0 saturated carbocycles. The van der Waals surface area contributed by atoms with Crippen molar-refractivity contribution in [1.82, 2.24) is 0 Å². The third-order valence-corrected chi connectivity index (χ3v) is 2.95. The number of hydrogen-bond donors (Lipinski definition) is 0. The van der Waals surface area contributed by atoms with Crippen molar-refractivity contribution in [2.45, 2.75) is 20.8 Å². The third kappa shape index (κ3) is 4.97. The first kappa shape index (κ1) is 15.0. The van der Waals surface area contributed by atoms with Crippen molar-refractivity contribution in [2.75, 3.05) is 0 Å². The minimum atomic E-state index is 1.000. The molecule has 0 radical (unpaired) electrons. The molecule has 0 amide bonds. The molecule has 1 aromatic rings. The van der Waals surface area contributed by atoms with E-state index in [1.807, 2.05) is 31.2 Å². The van der Waals surface area contributed by atoms with E-state index in [0.29, 0.717) is 0 Å². The lowest BCUT2D eigenvalue weighted by molar-refractivity contribution is 1.43. The van der Waals surface area contributed by atoms with Gasteiger partial charge in [0.1, 0.15) is 0 Å². The molecule has 0 heterocycles. The van der Waals surface area contributed by atoms with E-state index in [0.717, 1.165) is 22.3 Å². The fourth-order valence-electron chi connectivity index (χ4n) is 1.54. The molecular weight excluding hydrogens is 228 g/mol. The van der Waals surface area contributed by atoms with Gasteiger partial charge in [0.25, 0.3) is 0 Å². The van der Waals surface area contributed by atoms with Crippen LogP contribution in [0.4, 0.5) is 0 Å². The standard InChI is InChI=1S/C19H22/c1-6-7-8-16(3)17(4)11-12-18(5)19-13-9-15(2)10-14-19/h6-14H,4-5H2,1-3H3/b7-6-,12-11-,16-8+. The van der Waals surface area contributed by atoms with Gasteiger partial charge < -0.3 is 0 Å². The van der Waals surface area contributed by atoms with Crippen molar-refractivity contribution in [3.8, 4) is 0 Å². The quantitative estimate of drug-likeness (QED) is 0.593. The SMILES string of the molecule is C=C(/C=C\C(=C)c1ccc(C)cc1)/C(C)=C/C=C\C. The highest BCUT2D eigenvalue weighted by atomic mass is 14.0. The van der Waals surface area contributed by atoms with Crippen molar-refractivity contribution in [3.05, 3.63) is 90.1 Å². The molecule has 0 aliphatic rings. The second-order valence-electron chi connectivity index (χ2n) is 4.63. The zero-order valence-electron chi connectivity index (χ0n) is 12.1. The Labute approximate surface area is 117 Å². The zero-order chi connectivity index (χ0) is 14.3. The van der Waals surface area contributed by atoms with Crippen LogP contribution in [0, 0.1) is 6.92 Å². The van der Waals surface area contributed by atoms with Gasteiger partial charge in [-0.15, -0.1) is 0 Å². The molecule has 98 valence electrons. The van der Waals surface area contributed by atoms with Crippen LogP contribution in [0.1, 0.15) is 25.0 Å². The Kier molecular flexibility index (Phi) is 5.81. The minimum Gasteiger partial charge on any atom is -0.0915 e. The smallest absolute Gasteiger partial charge is 0.0190 e. The molecule has 0 atom stereocenters. The number of benzene rings is 1. The Morgan fingerprint density at radius 2 is 1.68 bits per heavy atom. The van der Waals surface area contributed by atoms with Gasteiger partial charge in [-0.25, -0.2) is 0 Å². The Bertz CT molecular complexity index is 534. The van der Waals surface area contributed by atoms with E-state index >= 15 is 0 Å². The predicted molar refractivity (Wildman–Crippen MR) is 87.1 cm³/mol. The molecule has 0 N–H and O–H groups in total. The average Bonchev–Trinajstić information content (AvgIpc) is 2.42. The topological polar surface area (TPSA) is 0 Å². The first-order valence-corrected chi connectivity index (χ1v) is 6.47. The highest BCUT2D eigenvalue weighted by molar-refractivity contribution is 5.72. The van der Waals surface area contributed by atoms with Gasteiger partial charge in [-0.2, -0.15) is 0 Å². The summed E-state index contributed by atoms with van der Waals surface area (Å²) >= 11 is 0. The molecule has 0 unspecified atom stereocenters. The fraction of sp³-hybridized carbons (Fsp3) is 0.158.